The highest BCUT2D eigenvalue weighted by Gasteiger charge is 2.46. The van der Waals surface area contributed by atoms with E-state index in [1.807, 2.05) is 6.92 Å². The predicted octanol–water partition coefficient (Wildman–Crippen LogP) is 3.12. The van der Waals surface area contributed by atoms with Crippen LogP contribution in [-0.2, 0) is 11.3 Å². The molecule has 0 spiro atoms. The zero-order chi connectivity index (χ0) is 17.7. The molecule has 1 N–H and O–H groups in total. The number of ether oxygens (including phenoxy) is 1. The highest BCUT2D eigenvalue weighted by Crippen LogP contribution is 2.33. The maximum atomic E-state index is 13.3. The third kappa shape index (κ3) is 5.12. The third-order valence-electron chi connectivity index (χ3n) is 4.06. The summed E-state index contributed by atoms with van der Waals surface area (Å²) in [4.78, 5) is 12.6. The monoisotopic (exact) mass is 344 g/mol. The quantitative estimate of drug-likeness (QED) is 0.892. The van der Waals surface area contributed by atoms with Gasteiger partial charge in [0.25, 0.3) is 0 Å². The van der Waals surface area contributed by atoms with E-state index in [0.29, 0.717) is 18.8 Å². The van der Waals surface area contributed by atoms with Crippen LogP contribution < -0.4 is 10.1 Å². The van der Waals surface area contributed by atoms with Crippen molar-refractivity contribution in [1.82, 2.24) is 10.2 Å². The van der Waals surface area contributed by atoms with Gasteiger partial charge >= 0.3 is 6.18 Å². The highest BCUT2D eigenvalue weighted by molar-refractivity contribution is 5.73. The second-order valence-electron chi connectivity index (χ2n) is 6.04. The number of rotatable bonds is 5. The summed E-state index contributed by atoms with van der Waals surface area (Å²) in [7, 11) is 0. The van der Waals surface area contributed by atoms with Crippen LogP contribution in [-0.4, -0.2) is 42.2 Å². The summed E-state index contributed by atoms with van der Waals surface area (Å²) in [5.41, 5.74) is 0.763. The van der Waals surface area contributed by atoms with Crippen LogP contribution in [0.4, 0.5) is 13.2 Å². The van der Waals surface area contributed by atoms with Crippen molar-refractivity contribution in [2.75, 3.05) is 13.2 Å². The summed E-state index contributed by atoms with van der Waals surface area (Å²) in [5.74, 6) is 0.428. The lowest BCUT2D eigenvalue weighted by Gasteiger charge is -2.40. The number of benzene rings is 1. The normalized spacial score (nSPS) is 22.2. The van der Waals surface area contributed by atoms with Gasteiger partial charge in [-0.05, 0) is 37.5 Å². The summed E-state index contributed by atoms with van der Waals surface area (Å²) in [5, 5.41) is 2.73. The Labute approximate surface area is 140 Å². The fourth-order valence-corrected chi connectivity index (χ4v) is 3.13. The zero-order valence-electron chi connectivity index (χ0n) is 13.9. The molecule has 1 aliphatic heterocycles. The van der Waals surface area contributed by atoms with Crippen molar-refractivity contribution in [3.63, 3.8) is 0 Å². The molecule has 2 rings (SSSR count). The maximum Gasteiger partial charge on any atom is 0.404 e. The summed E-state index contributed by atoms with van der Waals surface area (Å²) >= 11 is 0. The number of hydrogen-bond donors (Lipinski definition) is 1. The predicted molar refractivity (Wildman–Crippen MR) is 84.7 cm³/mol. The number of amides is 1. The van der Waals surface area contributed by atoms with Gasteiger partial charge in [0.05, 0.1) is 6.61 Å². The number of nitrogens with one attached hydrogen (secondary N) is 1. The van der Waals surface area contributed by atoms with E-state index in [4.69, 9.17) is 4.74 Å². The maximum absolute atomic E-state index is 13.3. The number of nitrogens with zero attached hydrogens (tertiary/aromatic N) is 1. The van der Waals surface area contributed by atoms with Crippen LogP contribution in [0.25, 0.3) is 0 Å². The molecule has 0 radical (unpaired) electrons. The number of hydrogen-bond acceptors (Lipinski definition) is 3. The number of alkyl halides is 3. The van der Waals surface area contributed by atoms with Crippen LogP contribution in [0.2, 0.25) is 0 Å². The van der Waals surface area contributed by atoms with E-state index in [1.54, 1.807) is 24.3 Å². The molecule has 1 aliphatic rings. The Morgan fingerprint density at radius 2 is 2.12 bits per heavy atom. The molecule has 1 amide bonds. The second-order valence-corrected chi connectivity index (χ2v) is 6.04. The fraction of sp³-hybridized carbons (Fsp3) is 0.588. The minimum Gasteiger partial charge on any atom is -0.494 e. The molecule has 7 heteroatoms. The van der Waals surface area contributed by atoms with E-state index < -0.39 is 12.2 Å². The molecule has 0 bridgehead atoms. The van der Waals surface area contributed by atoms with E-state index in [-0.39, 0.29) is 31.5 Å². The van der Waals surface area contributed by atoms with Crippen molar-refractivity contribution in [2.24, 2.45) is 0 Å². The van der Waals surface area contributed by atoms with Gasteiger partial charge in [0.2, 0.25) is 5.91 Å². The Hall–Kier alpha value is -1.76. The van der Waals surface area contributed by atoms with Gasteiger partial charge < -0.3 is 10.1 Å². The number of carbonyl (C=O) groups is 1. The molecule has 0 unspecified atom stereocenters. The van der Waals surface area contributed by atoms with E-state index in [9.17, 15) is 18.0 Å². The second kappa shape index (κ2) is 7.88. The van der Waals surface area contributed by atoms with Gasteiger partial charge in [-0.3, -0.25) is 9.69 Å². The zero-order valence-corrected chi connectivity index (χ0v) is 13.9. The molecule has 134 valence electrons. The Morgan fingerprint density at radius 1 is 1.38 bits per heavy atom. The van der Waals surface area contributed by atoms with Crippen LogP contribution in [0.3, 0.4) is 0 Å². The molecule has 1 saturated heterocycles. The average Bonchev–Trinajstić information content (AvgIpc) is 2.46. The Balaban J connectivity index is 2.14. The molecule has 1 aromatic rings. The van der Waals surface area contributed by atoms with Crippen molar-refractivity contribution in [3.05, 3.63) is 29.8 Å². The summed E-state index contributed by atoms with van der Waals surface area (Å²) in [6, 6.07) is 5.37. The van der Waals surface area contributed by atoms with Crippen molar-refractivity contribution < 1.29 is 22.7 Å². The van der Waals surface area contributed by atoms with E-state index >= 15 is 0 Å². The van der Waals surface area contributed by atoms with Gasteiger partial charge in [-0.15, -0.1) is 0 Å². The first-order valence-corrected chi connectivity index (χ1v) is 8.09. The molecule has 0 aromatic heterocycles. The lowest BCUT2D eigenvalue weighted by molar-refractivity contribution is -0.194. The van der Waals surface area contributed by atoms with Gasteiger partial charge in [0.15, 0.2) is 0 Å². The third-order valence-corrected chi connectivity index (χ3v) is 4.06. The van der Waals surface area contributed by atoms with E-state index in [2.05, 4.69) is 5.32 Å². The molecule has 2 atom stereocenters. The van der Waals surface area contributed by atoms with E-state index in [1.165, 1.54) is 11.8 Å². The lowest BCUT2D eigenvalue weighted by Crippen LogP contribution is -2.55. The molecule has 1 aromatic carbocycles. The Bertz CT molecular complexity index is 563. The topological polar surface area (TPSA) is 41.6 Å². The summed E-state index contributed by atoms with van der Waals surface area (Å²) < 4.78 is 45.4. The largest absolute Gasteiger partial charge is 0.494 e. The first kappa shape index (κ1) is 18.6. The molecule has 0 aliphatic carbocycles. The van der Waals surface area contributed by atoms with Gasteiger partial charge in [-0.25, -0.2) is 0 Å². The smallest absolute Gasteiger partial charge is 0.404 e. The number of halogens is 3. The van der Waals surface area contributed by atoms with Crippen molar-refractivity contribution in [3.8, 4) is 5.75 Å². The summed E-state index contributed by atoms with van der Waals surface area (Å²) in [6.07, 6.45) is -3.96. The van der Waals surface area contributed by atoms with Gasteiger partial charge in [-0.2, -0.15) is 13.2 Å². The van der Waals surface area contributed by atoms with Gasteiger partial charge in [-0.1, -0.05) is 12.1 Å². The molecular weight excluding hydrogens is 321 g/mol. The van der Waals surface area contributed by atoms with Crippen molar-refractivity contribution in [1.29, 1.82) is 0 Å². The minimum absolute atomic E-state index is 0.0143. The minimum atomic E-state index is -4.28. The van der Waals surface area contributed by atoms with Gasteiger partial charge in [0.1, 0.15) is 11.8 Å². The van der Waals surface area contributed by atoms with Crippen LogP contribution in [0.15, 0.2) is 24.3 Å². The van der Waals surface area contributed by atoms with Crippen LogP contribution in [0.5, 0.6) is 5.75 Å². The summed E-state index contributed by atoms with van der Waals surface area (Å²) in [6.45, 7) is 4.09. The molecule has 1 heterocycles. The van der Waals surface area contributed by atoms with E-state index in [0.717, 1.165) is 5.56 Å². The molecule has 1 fully saturated rings. The van der Waals surface area contributed by atoms with Crippen molar-refractivity contribution >= 4 is 5.91 Å². The first-order valence-electron chi connectivity index (χ1n) is 8.09. The fourth-order valence-electron chi connectivity index (χ4n) is 3.13. The number of piperidine rings is 1. The highest BCUT2D eigenvalue weighted by atomic mass is 19.4. The Kier molecular flexibility index (Phi) is 6.10. The lowest BCUT2D eigenvalue weighted by atomic mass is 9.96. The van der Waals surface area contributed by atoms with Crippen LogP contribution in [0, 0.1) is 0 Å². The number of likely N-dealkylation sites (tertiary alicyclic amines) is 1. The average molecular weight is 344 g/mol. The molecular formula is C17H23F3N2O2. The SMILES string of the molecule is CCOc1cccc(CN2C[C@H](NC(C)=O)CC[C@@H]2C(F)(F)F)c1. The molecule has 4 nitrogen and oxygen atoms in total. The van der Waals surface area contributed by atoms with Crippen molar-refractivity contribution in [2.45, 2.75) is 51.5 Å². The molecule has 24 heavy (non-hydrogen) atoms. The standard InChI is InChI=1S/C17H23F3N2O2/c1-3-24-15-6-4-5-13(9-15)10-22-11-14(21-12(2)23)7-8-16(22)17(18,19)20/h4-6,9,14,16H,3,7-8,10-11H2,1-2H3,(H,21,23)/t14-,16-/m1/s1. The molecule has 0 saturated carbocycles. The van der Waals surface area contributed by atoms with Crippen LogP contribution in [0.1, 0.15) is 32.3 Å². The van der Waals surface area contributed by atoms with Crippen LogP contribution >= 0.6 is 0 Å². The Morgan fingerprint density at radius 3 is 2.75 bits per heavy atom. The number of carbonyl (C=O) groups excluding carboxylic acids is 1. The first-order chi connectivity index (χ1) is 11.3. The van der Waals surface area contributed by atoms with Gasteiger partial charge in [0, 0.05) is 26.1 Å².